The molecule has 16 aromatic rings. The Morgan fingerprint density at radius 2 is 0.923 bits per heavy atom. The van der Waals surface area contributed by atoms with E-state index in [-0.39, 0.29) is 5.41 Å². The fourth-order valence-corrected chi connectivity index (χ4v) is 13.8. The summed E-state index contributed by atoms with van der Waals surface area (Å²) in [5.74, 6) is 0. The summed E-state index contributed by atoms with van der Waals surface area (Å²) in [5, 5.41) is 22.4. The minimum absolute atomic E-state index is 0.275. The second-order valence-corrected chi connectivity index (χ2v) is 21.4. The van der Waals surface area contributed by atoms with Gasteiger partial charge >= 0.3 is 0 Å². The molecule has 0 bridgehead atoms. The second-order valence-electron chi connectivity index (χ2n) is 21.4. The van der Waals surface area contributed by atoms with E-state index in [4.69, 9.17) is 11.0 Å². The van der Waals surface area contributed by atoms with Crippen molar-refractivity contribution in [2.24, 2.45) is 0 Å². The van der Waals surface area contributed by atoms with Crippen LogP contribution in [-0.2, 0) is 5.41 Å². The van der Waals surface area contributed by atoms with Crippen LogP contribution in [0.1, 0.15) is 30.5 Å². The molecular formula is C71H42N6O. The molecule has 362 valence electrons. The highest BCUT2D eigenvalue weighted by molar-refractivity contribution is 6.24. The van der Waals surface area contributed by atoms with Gasteiger partial charge in [-0.1, -0.05) is 129 Å². The zero-order chi connectivity index (χ0) is 51.7. The Balaban J connectivity index is 0.938. The predicted octanol–water partition coefficient (Wildman–Crippen LogP) is 18.7. The van der Waals surface area contributed by atoms with Crippen molar-refractivity contribution in [1.29, 1.82) is 5.26 Å². The van der Waals surface area contributed by atoms with Gasteiger partial charge in [0.25, 0.3) is 0 Å². The summed E-state index contributed by atoms with van der Waals surface area (Å²) in [4.78, 5) is 4.37. The minimum atomic E-state index is -0.275. The lowest BCUT2D eigenvalue weighted by atomic mass is 9.82. The number of hydrogen-bond acceptors (Lipinski definition) is 2. The van der Waals surface area contributed by atoms with Gasteiger partial charge in [0.2, 0.25) is 5.69 Å². The Kier molecular flexibility index (Phi) is 8.36. The normalized spacial score (nSPS) is 13.1. The van der Waals surface area contributed by atoms with Gasteiger partial charge in [-0.25, -0.2) is 4.85 Å². The predicted molar refractivity (Wildman–Crippen MR) is 320 cm³/mol. The first-order chi connectivity index (χ1) is 38.4. The first kappa shape index (κ1) is 42.7. The van der Waals surface area contributed by atoms with Crippen LogP contribution in [0.15, 0.2) is 223 Å². The van der Waals surface area contributed by atoms with Crippen LogP contribution >= 0.6 is 0 Å². The molecule has 0 unspecified atom stereocenters. The van der Waals surface area contributed by atoms with Gasteiger partial charge < -0.3 is 22.7 Å². The quantitative estimate of drug-likeness (QED) is 0.165. The lowest BCUT2D eigenvalue weighted by Crippen LogP contribution is -2.15. The molecule has 0 spiro atoms. The fourth-order valence-electron chi connectivity index (χ4n) is 13.8. The molecule has 5 heterocycles. The first-order valence-electron chi connectivity index (χ1n) is 26.4. The summed E-state index contributed by atoms with van der Waals surface area (Å²) >= 11 is 0. The van der Waals surface area contributed by atoms with Crippen LogP contribution in [0.4, 0.5) is 5.69 Å². The van der Waals surface area contributed by atoms with Crippen molar-refractivity contribution < 1.29 is 4.42 Å². The standard InChI is InChI=1S/C71H42N6O/c1-71(2)55-22-10-4-16-44(55)51-37-53-52-35-42(74-58-23-11-5-17-45(58)46-18-6-12-24-59(46)74)28-31-62(52)77(66(53)38-56(51)71)67-34-41(40-72)65(39-57(67)73-3)76-63-32-29-43(75-60-25-13-7-19-47(60)48-20-8-14-26-61(48)75)36-54(63)69-64(76)33-30-50-49-21-9-15-27-68(49)78-70(50)69/h4-39H,1-2H3. The third-order valence-corrected chi connectivity index (χ3v) is 17.2. The van der Waals surface area contributed by atoms with E-state index in [9.17, 15) is 5.26 Å². The second kappa shape index (κ2) is 15.3. The highest BCUT2D eigenvalue weighted by atomic mass is 16.3. The van der Waals surface area contributed by atoms with Crippen LogP contribution in [0.2, 0.25) is 0 Å². The van der Waals surface area contributed by atoms with Gasteiger partial charge in [0, 0.05) is 65.3 Å². The molecule has 0 saturated carbocycles. The van der Waals surface area contributed by atoms with Crippen molar-refractivity contribution in [2.75, 3.05) is 0 Å². The molecule has 0 atom stereocenters. The molecule has 0 radical (unpaired) electrons. The van der Waals surface area contributed by atoms with Crippen LogP contribution in [0, 0.1) is 17.9 Å². The maximum absolute atomic E-state index is 11.5. The summed E-state index contributed by atoms with van der Waals surface area (Å²) < 4.78 is 16.0. The van der Waals surface area contributed by atoms with Crippen molar-refractivity contribution >= 4 is 115 Å². The van der Waals surface area contributed by atoms with Gasteiger partial charge in [-0.2, -0.15) is 5.26 Å². The highest BCUT2D eigenvalue weighted by Gasteiger charge is 2.36. The Morgan fingerprint density at radius 3 is 1.55 bits per heavy atom. The molecule has 17 rings (SSSR count). The van der Waals surface area contributed by atoms with E-state index < -0.39 is 0 Å². The van der Waals surface area contributed by atoms with Gasteiger partial charge in [-0.3, -0.25) is 0 Å². The van der Waals surface area contributed by atoms with E-state index in [1.54, 1.807) is 0 Å². The van der Waals surface area contributed by atoms with E-state index in [0.717, 1.165) is 99.0 Å². The van der Waals surface area contributed by atoms with Crippen molar-refractivity contribution in [2.45, 2.75) is 19.3 Å². The largest absolute Gasteiger partial charge is 0.455 e. The summed E-state index contributed by atoms with van der Waals surface area (Å²) in [7, 11) is 0. The van der Waals surface area contributed by atoms with E-state index >= 15 is 0 Å². The first-order valence-corrected chi connectivity index (χ1v) is 26.4. The molecule has 0 amide bonds. The minimum Gasteiger partial charge on any atom is -0.455 e. The van der Waals surface area contributed by atoms with E-state index in [2.05, 4.69) is 231 Å². The van der Waals surface area contributed by atoms with E-state index in [0.29, 0.717) is 22.6 Å². The third kappa shape index (κ3) is 5.48. The Morgan fingerprint density at radius 1 is 0.410 bits per heavy atom. The summed E-state index contributed by atoms with van der Waals surface area (Å²) in [6.07, 6.45) is 0. The number of furan rings is 1. The number of hydrogen-bond donors (Lipinski definition) is 0. The lowest BCUT2D eigenvalue weighted by Gasteiger charge is -2.22. The van der Waals surface area contributed by atoms with Crippen molar-refractivity contribution in [3.05, 3.63) is 246 Å². The van der Waals surface area contributed by atoms with Gasteiger partial charge in [0.1, 0.15) is 17.2 Å². The maximum Gasteiger partial charge on any atom is 0.212 e. The number of para-hydroxylation sites is 5. The topological polar surface area (TPSA) is 61.0 Å². The van der Waals surface area contributed by atoms with Crippen LogP contribution < -0.4 is 0 Å². The van der Waals surface area contributed by atoms with E-state index in [1.807, 2.05) is 30.3 Å². The Bertz CT molecular complexity index is 5360. The molecule has 1 aliphatic rings. The van der Waals surface area contributed by atoms with Gasteiger partial charge in [-0.05, 0) is 125 Å². The number of nitrogens with zero attached hydrogens (tertiary/aromatic N) is 6. The van der Waals surface area contributed by atoms with Gasteiger partial charge in [-0.15, -0.1) is 0 Å². The molecule has 7 nitrogen and oxygen atoms in total. The van der Waals surface area contributed by atoms with Crippen LogP contribution in [0.5, 0.6) is 0 Å². The maximum atomic E-state index is 11.5. The zero-order valence-corrected chi connectivity index (χ0v) is 42.4. The average Bonchev–Trinajstić information content (AvgIpc) is 4.43. The summed E-state index contributed by atoms with van der Waals surface area (Å²) in [5.41, 5.74) is 18.7. The molecular weight excluding hydrogens is 953 g/mol. The van der Waals surface area contributed by atoms with Crippen LogP contribution in [0.25, 0.3) is 148 Å². The molecule has 0 aliphatic heterocycles. The third-order valence-electron chi connectivity index (χ3n) is 17.2. The number of rotatable bonds is 4. The fraction of sp³-hybridized carbons (Fsp3) is 0.0423. The zero-order valence-electron chi connectivity index (χ0n) is 42.4. The SMILES string of the molecule is [C-]#[N+]c1cc(-n2c3ccc(-n4c5ccccc5c5ccccc54)cc3c3c4oc5ccccc5c4ccc32)c(C#N)cc1-n1c2ccc(-n3c4ccccc4c4ccccc43)cc2c2cc3c(cc21)C(C)(C)c1ccccc1-3. The number of benzene rings is 11. The van der Waals surface area contributed by atoms with Crippen molar-refractivity contribution in [1.82, 2.24) is 18.3 Å². The monoisotopic (exact) mass is 994 g/mol. The lowest BCUT2D eigenvalue weighted by molar-refractivity contribution is 0.661. The molecule has 7 heteroatoms. The molecule has 0 fully saturated rings. The molecule has 78 heavy (non-hydrogen) atoms. The Hall–Kier alpha value is -10.6. The van der Waals surface area contributed by atoms with Crippen LogP contribution in [-0.4, -0.2) is 18.3 Å². The van der Waals surface area contributed by atoms with Gasteiger partial charge in [0.05, 0.1) is 73.0 Å². The summed E-state index contributed by atoms with van der Waals surface area (Å²) in [6, 6.07) is 80.1. The highest BCUT2D eigenvalue weighted by Crippen LogP contribution is 2.52. The average molecular weight is 995 g/mol. The number of nitriles is 1. The van der Waals surface area contributed by atoms with Crippen molar-refractivity contribution in [3.63, 3.8) is 0 Å². The molecule has 0 N–H and O–H groups in total. The molecule has 1 aliphatic carbocycles. The Labute approximate surface area is 446 Å². The molecule has 5 aromatic heterocycles. The molecule has 11 aromatic carbocycles. The van der Waals surface area contributed by atoms with E-state index in [1.165, 1.54) is 43.8 Å². The number of aromatic nitrogens is 4. The summed E-state index contributed by atoms with van der Waals surface area (Å²) in [6.45, 7) is 13.7. The van der Waals surface area contributed by atoms with Crippen LogP contribution in [0.3, 0.4) is 0 Å². The van der Waals surface area contributed by atoms with Gasteiger partial charge in [0.15, 0.2) is 0 Å². The van der Waals surface area contributed by atoms with Crippen molar-refractivity contribution in [3.8, 4) is 39.9 Å². The molecule has 0 saturated heterocycles. The smallest absolute Gasteiger partial charge is 0.212 e. The number of fused-ring (bicyclic) bond motifs is 19.